The fraction of sp³-hybridized carbons (Fsp3) is 0.647. The molecule has 0 saturated heterocycles. The quantitative estimate of drug-likeness (QED) is 0.783. The second-order valence-electron chi connectivity index (χ2n) is 6.47. The van der Waals surface area contributed by atoms with Gasteiger partial charge in [-0.15, -0.1) is 0 Å². The van der Waals surface area contributed by atoms with Gasteiger partial charge in [0.05, 0.1) is 0 Å². The molecule has 0 aliphatic heterocycles. The Morgan fingerprint density at radius 2 is 2.14 bits per heavy atom. The van der Waals surface area contributed by atoms with Crippen molar-refractivity contribution in [2.75, 3.05) is 6.54 Å². The minimum absolute atomic E-state index is 0.404. The highest BCUT2D eigenvalue weighted by atomic mass is 32.1. The van der Waals surface area contributed by atoms with Crippen LogP contribution in [0.4, 0.5) is 0 Å². The van der Waals surface area contributed by atoms with Crippen molar-refractivity contribution in [1.82, 2.24) is 9.88 Å². The number of hydrogen-bond acceptors (Lipinski definition) is 3. The van der Waals surface area contributed by atoms with Crippen LogP contribution in [0.2, 0.25) is 0 Å². The van der Waals surface area contributed by atoms with Crippen LogP contribution in [-0.4, -0.2) is 27.5 Å². The van der Waals surface area contributed by atoms with Gasteiger partial charge >= 0.3 is 0 Å². The summed E-state index contributed by atoms with van der Waals surface area (Å²) >= 11 is 5.14. The number of nitrogens with zero attached hydrogens (tertiary/aromatic N) is 2. The predicted octanol–water partition coefficient (Wildman–Crippen LogP) is 3.51. The maximum absolute atomic E-state index is 5.82. The monoisotopic (exact) mass is 305 g/mol. The fourth-order valence-electron chi connectivity index (χ4n) is 3.09. The van der Waals surface area contributed by atoms with E-state index >= 15 is 0 Å². The van der Waals surface area contributed by atoms with E-state index in [-0.39, 0.29) is 0 Å². The Morgan fingerprint density at radius 3 is 2.76 bits per heavy atom. The molecule has 0 radical (unpaired) electrons. The van der Waals surface area contributed by atoms with Gasteiger partial charge in [-0.1, -0.05) is 45.0 Å². The van der Waals surface area contributed by atoms with Crippen molar-refractivity contribution in [3.8, 4) is 0 Å². The zero-order chi connectivity index (χ0) is 15.2. The van der Waals surface area contributed by atoms with E-state index in [4.69, 9.17) is 18.0 Å². The average molecular weight is 305 g/mol. The van der Waals surface area contributed by atoms with E-state index in [1.165, 1.54) is 37.7 Å². The molecule has 116 valence electrons. The number of hydrogen-bond donors (Lipinski definition) is 1. The summed E-state index contributed by atoms with van der Waals surface area (Å²) < 4.78 is 0. The van der Waals surface area contributed by atoms with Crippen molar-refractivity contribution in [3.05, 3.63) is 29.6 Å². The molecule has 0 atom stereocenters. The summed E-state index contributed by atoms with van der Waals surface area (Å²) in [5, 5.41) is 0. The van der Waals surface area contributed by atoms with Gasteiger partial charge in [0, 0.05) is 18.8 Å². The highest BCUT2D eigenvalue weighted by Crippen LogP contribution is 2.26. The van der Waals surface area contributed by atoms with Crippen LogP contribution in [0, 0.1) is 5.92 Å². The summed E-state index contributed by atoms with van der Waals surface area (Å²) in [6.45, 7) is 6.64. The van der Waals surface area contributed by atoms with E-state index in [0.717, 1.165) is 24.7 Å². The molecule has 0 unspecified atom stereocenters. The van der Waals surface area contributed by atoms with Crippen LogP contribution in [0.5, 0.6) is 0 Å². The van der Waals surface area contributed by atoms with Crippen LogP contribution in [0.1, 0.15) is 57.2 Å². The Morgan fingerprint density at radius 1 is 1.43 bits per heavy atom. The highest BCUT2D eigenvalue weighted by Gasteiger charge is 2.23. The van der Waals surface area contributed by atoms with Gasteiger partial charge in [-0.2, -0.15) is 0 Å². The van der Waals surface area contributed by atoms with Crippen LogP contribution in [0.3, 0.4) is 0 Å². The number of thiocarbonyl (C=S) groups is 1. The summed E-state index contributed by atoms with van der Waals surface area (Å²) in [7, 11) is 0. The third-order valence-corrected chi connectivity index (χ3v) is 4.53. The molecule has 3 nitrogen and oxygen atoms in total. The van der Waals surface area contributed by atoms with Crippen molar-refractivity contribution < 1.29 is 0 Å². The molecule has 1 aromatic heterocycles. The van der Waals surface area contributed by atoms with E-state index < -0.39 is 0 Å². The van der Waals surface area contributed by atoms with Crippen molar-refractivity contribution >= 4 is 17.2 Å². The van der Waals surface area contributed by atoms with Gasteiger partial charge in [0.1, 0.15) is 10.7 Å². The van der Waals surface area contributed by atoms with Crippen LogP contribution in [0.25, 0.3) is 0 Å². The normalized spacial score (nSPS) is 16.0. The summed E-state index contributed by atoms with van der Waals surface area (Å²) in [4.78, 5) is 7.38. The maximum Gasteiger partial charge on any atom is 0.123 e. The van der Waals surface area contributed by atoms with Gasteiger partial charge in [0.2, 0.25) is 0 Å². The SMILES string of the molecule is CC(C)CCN(Cc1cccnc1C(N)=S)C1CCCC1. The van der Waals surface area contributed by atoms with Gasteiger partial charge in [-0.3, -0.25) is 9.88 Å². The first-order chi connectivity index (χ1) is 10.1. The first-order valence-electron chi connectivity index (χ1n) is 8.05. The lowest BCUT2D eigenvalue weighted by atomic mass is 10.1. The van der Waals surface area contributed by atoms with Crippen LogP contribution >= 0.6 is 12.2 Å². The van der Waals surface area contributed by atoms with Crippen LogP contribution < -0.4 is 5.73 Å². The molecule has 1 heterocycles. The van der Waals surface area contributed by atoms with Gasteiger partial charge in [-0.05, 0) is 43.4 Å². The lowest BCUT2D eigenvalue weighted by Gasteiger charge is -2.30. The number of rotatable bonds is 7. The second-order valence-corrected chi connectivity index (χ2v) is 6.91. The van der Waals surface area contributed by atoms with Gasteiger partial charge in [-0.25, -0.2) is 0 Å². The third kappa shape index (κ3) is 4.75. The van der Waals surface area contributed by atoms with Crippen LogP contribution in [0.15, 0.2) is 18.3 Å². The molecule has 0 bridgehead atoms. The molecule has 1 saturated carbocycles. The van der Waals surface area contributed by atoms with E-state index in [1.807, 2.05) is 6.07 Å². The predicted molar refractivity (Wildman–Crippen MR) is 92.2 cm³/mol. The molecular formula is C17H27N3S. The number of aromatic nitrogens is 1. The van der Waals surface area contributed by atoms with Crippen molar-refractivity contribution in [2.24, 2.45) is 11.7 Å². The van der Waals surface area contributed by atoms with Crippen molar-refractivity contribution in [3.63, 3.8) is 0 Å². The fourth-order valence-corrected chi connectivity index (χ4v) is 3.27. The molecule has 0 spiro atoms. The average Bonchev–Trinajstić information content (AvgIpc) is 2.97. The van der Waals surface area contributed by atoms with E-state index in [1.54, 1.807) is 6.20 Å². The van der Waals surface area contributed by atoms with E-state index in [0.29, 0.717) is 11.0 Å². The van der Waals surface area contributed by atoms with E-state index in [2.05, 4.69) is 29.8 Å². The lowest BCUT2D eigenvalue weighted by Crippen LogP contribution is -2.35. The smallest absolute Gasteiger partial charge is 0.123 e. The molecule has 2 rings (SSSR count). The Kier molecular flexibility index (Phi) is 6.12. The van der Waals surface area contributed by atoms with Crippen LogP contribution in [-0.2, 0) is 6.54 Å². The Balaban J connectivity index is 2.12. The molecule has 4 heteroatoms. The van der Waals surface area contributed by atoms with Gasteiger partial charge in [0.25, 0.3) is 0 Å². The Hall–Kier alpha value is -1.00. The highest BCUT2D eigenvalue weighted by molar-refractivity contribution is 7.80. The Bertz CT molecular complexity index is 467. The first-order valence-corrected chi connectivity index (χ1v) is 8.46. The molecule has 1 aromatic rings. The van der Waals surface area contributed by atoms with Crippen molar-refractivity contribution in [2.45, 2.75) is 58.5 Å². The summed E-state index contributed by atoms with van der Waals surface area (Å²) in [5.74, 6) is 0.734. The summed E-state index contributed by atoms with van der Waals surface area (Å²) in [6, 6.07) is 4.80. The standard InChI is InChI=1S/C17H27N3S/c1-13(2)9-11-20(15-7-3-4-8-15)12-14-6-5-10-19-16(14)17(18)21/h5-6,10,13,15H,3-4,7-9,11-12H2,1-2H3,(H2,18,21). The summed E-state index contributed by atoms with van der Waals surface area (Å²) in [5.41, 5.74) is 7.78. The summed E-state index contributed by atoms with van der Waals surface area (Å²) in [6.07, 6.45) is 8.36. The number of nitrogens with two attached hydrogens (primary N) is 1. The molecule has 21 heavy (non-hydrogen) atoms. The molecular weight excluding hydrogens is 278 g/mol. The molecule has 1 fully saturated rings. The topological polar surface area (TPSA) is 42.2 Å². The second kappa shape index (κ2) is 7.85. The maximum atomic E-state index is 5.82. The van der Waals surface area contributed by atoms with Crippen molar-refractivity contribution in [1.29, 1.82) is 0 Å². The van der Waals surface area contributed by atoms with Gasteiger partial charge in [0.15, 0.2) is 0 Å². The molecule has 2 N–H and O–H groups in total. The lowest BCUT2D eigenvalue weighted by molar-refractivity contribution is 0.179. The molecule has 1 aliphatic carbocycles. The molecule has 0 amide bonds. The zero-order valence-electron chi connectivity index (χ0n) is 13.2. The third-order valence-electron chi connectivity index (χ3n) is 4.33. The first kappa shape index (κ1) is 16.4. The van der Waals surface area contributed by atoms with E-state index in [9.17, 15) is 0 Å². The minimum atomic E-state index is 0.404. The molecule has 1 aliphatic rings. The minimum Gasteiger partial charge on any atom is -0.388 e. The number of pyridine rings is 1. The Labute approximate surface area is 133 Å². The molecule has 0 aromatic carbocycles. The van der Waals surface area contributed by atoms with Gasteiger partial charge < -0.3 is 5.73 Å². The largest absolute Gasteiger partial charge is 0.388 e. The zero-order valence-corrected chi connectivity index (χ0v) is 14.0.